The highest BCUT2D eigenvalue weighted by atomic mass is 35.5. The van der Waals surface area contributed by atoms with E-state index in [2.05, 4.69) is 14.9 Å². The maximum atomic E-state index is 12.2. The largest absolute Gasteiger partial charge is 0.353 e. The molecule has 3 rings (SSSR count). The Bertz CT molecular complexity index is 688. The molecule has 7 nitrogen and oxygen atoms in total. The summed E-state index contributed by atoms with van der Waals surface area (Å²) < 4.78 is 0. The number of aromatic nitrogens is 2. The predicted molar refractivity (Wildman–Crippen MR) is 107 cm³/mol. The van der Waals surface area contributed by atoms with Gasteiger partial charge in [-0.15, -0.1) is 0 Å². The fourth-order valence-corrected chi connectivity index (χ4v) is 4.13. The first-order valence-electron chi connectivity index (χ1n) is 9.50. The molecule has 1 aliphatic heterocycles. The van der Waals surface area contributed by atoms with Gasteiger partial charge >= 0.3 is 0 Å². The maximum absolute atomic E-state index is 12.2. The molecule has 2 heterocycles. The number of carbonyl (C=O) groups is 2. The number of anilines is 1. The summed E-state index contributed by atoms with van der Waals surface area (Å²) in [6.45, 7) is 8.20. The summed E-state index contributed by atoms with van der Waals surface area (Å²) in [6.07, 6.45) is 2.07. The van der Waals surface area contributed by atoms with Gasteiger partial charge in [0.25, 0.3) is 0 Å². The number of carbonyl (C=O) groups excluding carboxylic acids is 2. The van der Waals surface area contributed by atoms with Crippen LogP contribution in [0.5, 0.6) is 0 Å². The molecule has 0 unspecified atom stereocenters. The van der Waals surface area contributed by atoms with Crippen LogP contribution in [0.1, 0.15) is 26.7 Å². The molecular formula is C18H26ClN5O2S. The normalized spacial score (nSPS) is 17.1. The van der Waals surface area contributed by atoms with Crippen LogP contribution >= 0.6 is 23.4 Å². The summed E-state index contributed by atoms with van der Waals surface area (Å²) in [7, 11) is 0. The Morgan fingerprint density at radius 3 is 2.44 bits per heavy atom. The SMILES string of the molecule is CCN(CC)C(=O)CSc1nc(Cl)cc(N2CCN(C(=O)C3CC3)CC2)n1. The lowest BCUT2D eigenvalue weighted by Gasteiger charge is -2.35. The van der Waals surface area contributed by atoms with Crippen molar-refractivity contribution in [3.05, 3.63) is 11.2 Å². The van der Waals surface area contributed by atoms with Gasteiger partial charge in [-0.3, -0.25) is 9.59 Å². The molecule has 0 atom stereocenters. The Hall–Kier alpha value is -1.54. The molecule has 27 heavy (non-hydrogen) atoms. The van der Waals surface area contributed by atoms with E-state index >= 15 is 0 Å². The Morgan fingerprint density at radius 2 is 1.85 bits per heavy atom. The third-order valence-electron chi connectivity index (χ3n) is 4.94. The molecule has 2 aliphatic rings. The monoisotopic (exact) mass is 411 g/mol. The van der Waals surface area contributed by atoms with Crippen molar-refractivity contribution < 1.29 is 9.59 Å². The highest BCUT2D eigenvalue weighted by Gasteiger charge is 2.34. The minimum absolute atomic E-state index is 0.0716. The maximum Gasteiger partial charge on any atom is 0.233 e. The fourth-order valence-electron chi connectivity index (χ4n) is 3.15. The smallest absolute Gasteiger partial charge is 0.233 e. The van der Waals surface area contributed by atoms with Crippen LogP contribution in [0.3, 0.4) is 0 Å². The molecule has 1 saturated heterocycles. The van der Waals surface area contributed by atoms with Gasteiger partial charge in [-0.05, 0) is 26.7 Å². The third-order valence-corrected chi connectivity index (χ3v) is 5.97. The zero-order valence-electron chi connectivity index (χ0n) is 15.9. The number of piperazine rings is 1. The van der Waals surface area contributed by atoms with Crippen molar-refractivity contribution in [2.24, 2.45) is 5.92 Å². The van der Waals surface area contributed by atoms with Gasteiger partial charge in [0, 0.05) is 51.3 Å². The first-order valence-corrected chi connectivity index (χ1v) is 10.9. The van der Waals surface area contributed by atoms with Crippen LogP contribution in [-0.2, 0) is 9.59 Å². The van der Waals surface area contributed by atoms with Gasteiger partial charge in [0.05, 0.1) is 5.75 Å². The first kappa shape index (κ1) is 20.2. The molecule has 1 aromatic rings. The number of amides is 2. The standard InChI is InChI=1S/C18H26ClN5O2S/c1-3-22(4-2)16(25)12-27-18-20-14(19)11-15(21-18)23-7-9-24(10-8-23)17(26)13-5-6-13/h11,13H,3-10,12H2,1-2H3. The molecule has 9 heteroatoms. The number of halogens is 1. The van der Waals surface area contributed by atoms with Crippen LogP contribution in [0.15, 0.2) is 11.2 Å². The predicted octanol–water partition coefficient (Wildman–Crippen LogP) is 2.15. The number of hydrogen-bond acceptors (Lipinski definition) is 6. The van der Waals surface area contributed by atoms with Crippen LogP contribution in [0, 0.1) is 5.92 Å². The van der Waals surface area contributed by atoms with Crippen LogP contribution in [0.2, 0.25) is 5.15 Å². The van der Waals surface area contributed by atoms with E-state index in [9.17, 15) is 9.59 Å². The molecule has 1 saturated carbocycles. The highest BCUT2D eigenvalue weighted by molar-refractivity contribution is 7.99. The molecule has 0 bridgehead atoms. The fraction of sp³-hybridized carbons (Fsp3) is 0.667. The van der Waals surface area contributed by atoms with Crippen LogP contribution < -0.4 is 4.90 Å². The van der Waals surface area contributed by atoms with E-state index in [0.29, 0.717) is 48.1 Å². The first-order chi connectivity index (χ1) is 13.0. The summed E-state index contributed by atoms with van der Waals surface area (Å²) in [5, 5.41) is 0.878. The lowest BCUT2D eigenvalue weighted by atomic mass is 10.2. The van der Waals surface area contributed by atoms with Gasteiger partial charge in [0.15, 0.2) is 5.16 Å². The Morgan fingerprint density at radius 1 is 1.19 bits per heavy atom. The topological polar surface area (TPSA) is 69.6 Å². The molecule has 2 amide bonds. The molecule has 0 radical (unpaired) electrons. The molecule has 1 aliphatic carbocycles. The average molecular weight is 412 g/mol. The summed E-state index contributed by atoms with van der Waals surface area (Å²) in [6, 6.07) is 1.75. The quantitative estimate of drug-likeness (QED) is 0.389. The summed E-state index contributed by atoms with van der Waals surface area (Å²) in [4.78, 5) is 39.0. The van der Waals surface area contributed by atoms with E-state index in [0.717, 1.165) is 31.7 Å². The van der Waals surface area contributed by atoms with Gasteiger partial charge in [0.1, 0.15) is 11.0 Å². The van der Waals surface area contributed by atoms with Crippen LogP contribution in [0.4, 0.5) is 5.82 Å². The van der Waals surface area contributed by atoms with Gasteiger partial charge in [-0.25, -0.2) is 9.97 Å². The molecule has 0 aromatic carbocycles. The Kier molecular flexibility index (Phi) is 6.81. The van der Waals surface area contributed by atoms with Gasteiger partial charge in [-0.2, -0.15) is 0 Å². The lowest BCUT2D eigenvalue weighted by molar-refractivity contribution is -0.132. The number of thioether (sulfide) groups is 1. The van der Waals surface area contributed by atoms with Crippen molar-refractivity contribution in [3.63, 3.8) is 0 Å². The minimum atomic E-state index is 0.0716. The van der Waals surface area contributed by atoms with Gasteiger partial charge in [-0.1, -0.05) is 23.4 Å². The zero-order chi connectivity index (χ0) is 19.4. The molecule has 0 spiro atoms. The van der Waals surface area contributed by atoms with E-state index in [1.165, 1.54) is 11.8 Å². The number of rotatable bonds is 7. The Labute approximate surface area is 169 Å². The second-order valence-electron chi connectivity index (χ2n) is 6.77. The lowest BCUT2D eigenvalue weighted by Crippen LogP contribution is -2.49. The summed E-state index contributed by atoms with van der Waals surface area (Å²) >= 11 is 7.49. The summed E-state index contributed by atoms with van der Waals surface area (Å²) in [5.74, 6) is 1.68. The second kappa shape index (κ2) is 9.10. The van der Waals surface area contributed by atoms with Crippen molar-refractivity contribution in [1.82, 2.24) is 19.8 Å². The van der Waals surface area contributed by atoms with Crippen LogP contribution in [0.25, 0.3) is 0 Å². The summed E-state index contributed by atoms with van der Waals surface area (Å²) in [5.41, 5.74) is 0. The third kappa shape index (κ3) is 5.25. The Balaban J connectivity index is 1.58. The molecule has 148 valence electrons. The zero-order valence-corrected chi connectivity index (χ0v) is 17.4. The van der Waals surface area contributed by atoms with Crippen molar-refractivity contribution in [2.75, 3.05) is 49.9 Å². The van der Waals surface area contributed by atoms with Crippen molar-refractivity contribution in [3.8, 4) is 0 Å². The van der Waals surface area contributed by atoms with E-state index in [1.807, 2.05) is 18.7 Å². The molecule has 2 fully saturated rings. The number of hydrogen-bond donors (Lipinski definition) is 0. The molecule has 0 N–H and O–H groups in total. The van der Waals surface area contributed by atoms with E-state index in [4.69, 9.17) is 11.6 Å². The van der Waals surface area contributed by atoms with Crippen molar-refractivity contribution in [2.45, 2.75) is 31.8 Å². The average Bonchev–Trinajstić information content (AvgIpc) is 3.52. The van der Waals surface area contributed by atoms with Gasteiger partial charge < -0.3 is 14.7 Å². The van der Waals surface area contributed by atoms with Crippen molar-refractivity contribution in [1.29, 1.82) is 0 Å². The van der Waals surface area contributed by atoms with Crippen LogP contribution in [-0.4, -0.2) is 76.6 Å². The number of nitrogens with zero attached hydrogens (tertiary/aromatic N) is 5. The second-order valence-corrected chi connectivity index (χ2v) is 8.10. The van der Waals surface area contributed by atoms with Crippen molar-refractivity contribution >= 4 is 41.0 Å². The molecular weight excluding hydrogens is 386 g/mol. The van der Waals surface area contributed by atoms with E-state index in [-0.39, 0.29) is 11.8 Å². The van der Waals surface area contributed by atoms with E-state index in [1.54, 1.807) is 11.0 Å². The van der Waals surface area contributed by atoms with Gasteiger partial charge in [0.2, 0.25) is 11.8 Å². The van der Waals surface area contributed by atoms with E-state index < -0.39 is 0 Å². The minimum Gasteiger partial charge on any atom is -0.353 e. The highest BCUT2D eigenvalue weighted by Crippen LogP contribution is 2.31. The molecule has 1 aromatic heterocycles.